The van der Waals surface area contributed by atoms with Crippen molar-refractivity contribution in [1.82, 2.24) is 19.5 Å². The van der Waals surface area contributed by atoms with Gasteiger partial charge in [-0.2, -0.15) is 9.57 Å². The number of sulfonamides is 2. The van der Waals surface area contributed by atoms with Crippen LogP contribution in [-0.2, 0) is 20.0 Å². The Balaban J connectivity index is 1.43. The molecule has 13 nitrogen and oxygen atoms in total. The van der Waals surface area contributed by atoms with E-state index in [9.17, 15) is 21.6 Å². The molecule has 1 aliphatic rings. The van der Waals surface area contributed by atoms with Crippen molar-refractivity contribution in [2.24, 2.45) is 0 Å². The maximum absolute atomic E-state index is 13.1. The Kier molecular flexibility index (Phi) is 7.85. The number of amides is 1. The van der Waals surface area contributed by atoms with E-state index < -0.39 is 26.0 Å². The zero-order valence-corrected chi connectivity index (χ0v) is 23.3. The molecule has 0 atom stereocenters. The first kappa shape index (κ1) is 27.7. The van der Waals surface area contributed by atoms with Gasteiger partial charge in [0.1, 0.15) is 10.9 Å². The maximum Gasteiger partial charge on any atom is 0.262 e. The summed E-state index contributed by atoms with van der Waals surface area (Å²) in [5.41, 5.74) is 0.253. The zero-order chi connectivity index (χ0) is 27.7. The Hall–Kier alpha value is -3.36. The van der Waals surface area contributed by atoms with Gasteiger partial charge in [-0.15, -0.1) is 10.2 Å². The number of anilines is 3. The van der Waals surface area contributed by atoms with Crippen LogP contribution in [0.4, 0.5) is 16.6 Å². The number of aromatic nitrogens is 3. The minimum Gasteiger partial charge on any atom is -0.345 e. The summed E-state index contributed by atoms with van der Waals surface area (Å²) in [4.78, 5) is 19.1. The molecule has 200 valence electrons. The molecule has 0 saturated carbocycles. The van der Waals surface area contributed by atoms with Crippen LogP contribution in [-0.4, -0.2) is 81.7 Å². The van der Waals surface area contributed by atoms with Gasteiger partial charge in [-0.05, 0) is 24.3 Å². The van der Waals surface area contributed by atoms with Crippen LogP contribution >= 0.6 is 22.9 Å². The topological polar surface area (TPSA) is 170 Å². The van der Waals surface area contributed by atoms with Crippen molar-refractivity contribution in [3.8, 4) is 6.07 Å². The Morgan fingerprint density at radius 2 is 1.79 bits per heavy atom. The number of rotatable bonds is 7. The van der Waals surface area contributed by atoms with Gasteiger partial charge in [0.05, 0.1) is 17.5 Å². The summed E-state index contributed by atoms with van der Waals surface area (Å²) in [5.74, 6) is -0.650. The van der Waals surface area contributed by atoms with Crippen LogP contribution in [0.5, 0.6) is 0 Å². The van der Waals surface area contributed by atoms with Crippen LogP contribution in [0.3, 0.4) is 0 Å². The fourth-order valence-corrected chi connectivity index (χ4v) is 6.48. The second-order valence-corrected chi connectivity index (χ2v) is 13.3. The maximum atomic E-state index is 13.1. The number of hydrogen-bond donors (Lipinski definition) is 1. The van der Waals surface area contributed by atoms with Gasteiger partial charge in [0, 0.05) is 33.2 Å². The summed E-state index contributed by atoms with van der Waals surface area (Å²) in [6.07, 6.45) is 1.02. The molecule has 38 heavy (non-hydrogen) atoms. The van der Waals surface area contributed by atoms with Gasteiger partial charge in [0.15, 0.2) is 21.1 Å². The molecule has 0 aliphatic carbocycles. The summed E-state index contributed by atoms with van der Waals surface area (Å²) in [7, 11) is -6.24. The van der Waals surface area contributed by atoms with Crippen molar-refractivity contribution < 1.29 is 21.6 Å². The first-order chi connectivity index (χ1) is 17.9. The molecular weight excluding hydrogens is 576 g/mol. The second-order valence-electron chi connectivity index (χ2n) is 8.08. The number of benzene rings is 1. The highest BCUT2D eigenvalue weighted by Gasteiger charge is 2.31. The largest absolute Gasteiger partial charge is 0.345 e. The van der Waals surface area contributed by atoms with Gasteiger partial charge in [-0.3, -0.25) is 9.10 Å². The van der Waals surface area contributed by atoms with E-state index in [0.29, 0.717) is 23.1 Å². The van der Waals surface area contributed by atoms with E-state index in [2.05, 4.69) is 20.5 Å². The molecule has 1 saturated heterocycles. The van der Waals surface area contributed by atoms with Crippen LogP contribution in [0.1, 0.15) is 15.2 Å². The predicted molar refractivity (Wildman–Crippen MR) is 142 cm³/mol. The standard InChI is InChI=1S/C21H21ClN8O5S3/c1-28(37(2,32)33)15-6-4-3-5-14(15)20(31)24-17-7-8-18(27-26-17)38(34,35)30-11-9-29(10-12-30)21-25-19(22)16(13-23)36-21/h3-8H,9-12H2,1-2H3,(H,24,26,31). The molecule has 1 amide bonds. The second kappa shape index (κ2) is 10.8. The van der Waals surface area contributed by atoms with Crippen molar-refractivity contribution in [3.05, 3.63) is 52.0 Å². The lowest BCUT2D eigenvalue weighted by atomic mass is 10.1. The number of nitrogens with zero attached hydrogens (tertiary/aromatic N) is 7. The summed E-state index contributed by atoms with van der Waals surface area (Å²) in [5, 5.41) is 19.6. The first-order valence-electron chi connectivity index (χ1n) is 10.9. The SMILES string of the molecule is CN(c1ccccc1C(=O)Nc1ccc(S(=O)(=O)N2CCN(c3nc(Cl)c(C#N)s3)CC2)nn1)S(C)(=O)=O. The molecule has 17 heteroatoms. The van der Waals surface area contributed by atoms with Gasteiger partial charge >= 0.3 is 0 Å². The van der Waals surface area contributed by atoms with E-state index in [4.69, 9.17) is 16.9 Å². The van der Waals surface area contributed by atoms with Crippen LogP contribution < -0.4 is 14.5 Å². The van der Waals surface area contributed by atoms with E-state index in [1.807, 2.05) is 11.0 Å². The third-order valence-electron chi connectivity index (χ3n) is 5.66. The molecule has 0 spiro atoms. The Bertz CT molecular complexity index is 1610. The lowest BCUT2D eigenvalue weighted by Gasteiger charge is -2.33. The van der Waals surface area contributed by atoms with E-state index in [0.717, 1.165) is 21.9 Å². The molecule has 1 fully saturated rings. The van der Waals surface area contributed by atoms with Crippen LogP contribution in [0, 0.1) is 11.3 Å². The molecule has 3 heterocycles. The smallest absolute Gasteiger partial charge is 0.262 e. The summed E-state index contributed by atoms with van der Waals surface area (Å²) >= 11 is 7.08. The van der Waals surface area contributed by atoms with Crippen molar-refractivity contribution >= 4 is 65.5 Å². The molecule has 3 aromatic rings. The number of hydrogen-bond acceptors (Lipinski definition) is 11. The van der Waals surface area contributed by atoms with Gasteiger partial charge in [-0.1, -0.05) is 35.1 Å². The summed E-state index contributed by atoms with van der Waals surface area (Å²) < 4.78 is 52.3. The van der Waals surface area contributed by atoms with Crippen molar-refractivity contribution in [1.29, 1.82) is 5.26 Å². The average molecular weight is 597 g/mol. The molecule has 1 N–H and O–H groups in total. The quantitative estimate of drug-likeness (QED) is 0.423. The molecule has 2 aromatic heterocycles. The molecule has 0 bridgehead atoms. The molecule has 0 radical (unpaired) electrons. The van der Waals surface area contributed by atoms with E-state index in [-0.39, 0.29) is 40.3 Å². The Morgan fingerprint density at radius 3 is 2.37 bits per heavy atom. The predicted octanol–water partition coefficient (Wildman–Crippen LogP) is 1.62. The first-order valence-corrected chi connectivity index (χ1v) is 15.4. The molecule has 1 aromatic carbocycles. The third-order valence-corrected chi connectivity index (χ3v) is 10.0. The highest BCUT2D eigenvalue weighted by atomic mass is 35.5. The minimum absolute atomic E-state index is 0.00970. The summed E-state index contributed by atoms with van der Waals surface area (Å²) in [6.45, 7) is 1.01. The van der Waals surface area contributed by atoms with Crippen molar-refractivity contribution in [2.75, 3.05) is 54.0 Å². The number of halogens is 1. The van der Waals surface area contributed by atoms with Crippen LogP contribution in [0.2, 0.25) is 5.15 Å². The lowest BCUT2D eigenvalue weighted by Crippen LogP contribution is -2.48. The van der Waals surface area contributed by atoms with E-state index in [1.54, 1.807) is 12.1 Å². The number of para-hydroxylation sites is 1. The van der Waals surface area contributed by atoms with Crippen molar-refractivity contribution in [2.45, 2.75) is 5.03 Å². The minimum atomic E-state index is -3.96. The number of nitrogens with one attached hydrogen (secondary N) is 1. The van der Waals surface area contributed by atoms with Gasteiger partial charge in [0.25, 0.3) is 15.9 Å². The highest BCUT2D eigenvalue weighted by molar-refractivity contribution is 7.92. The third kappa shape index (κ3) is 5.71. The molecule has 1 aliphatic heterocycles. The number of piperazine rings is 1. The van der Waals surface area contributed by atoms with Gasteiger partial charge < -0.3 is 10.2 Å². The molecular formula is C21H21ClN8O5S3. The average Bonchev–Trinajstić information content (AvgIpc) is 3.28. The number of thiazole rings is 1. The Labute approximate surface area is 228 Å². The van der Waals surface area contributed by atoms with Crippen molar-refractivity contribution in [3.63, 3.8) is 0 Å². The van der Waals surface area contributed by atoms with E-state index in [1.165, 1.54) is 35.6 Å². The number of nitriles is 1. The monoisotopic (exact) mass is 596 g/mol. The molecule has 4 rings (SSSR count). The van der Waals surface area contributed by atoms with Crippen LogP contribution in [0.25, 0.3) is 0 Å². The lowest BCUT2D eigenvalue weighted by molar-refractivity contribution is 0.102. The Morgan fingerprint density at radius 1 is 1.11 bits per heavy atom. The number of carbonyl (C=O) groups is 1. The molecule has 0 unspecified atom stereocenters. The highest BCUT2D eigenvalue weighted by Crippen LogP contribution is 2.30. The normalized spacial score (nSPS) is 14.6. The summed E-state index contributed by atoms with van der Waals surface area (Å²) in [6, 6.07) is 10.6. The van der Waals surface area contributed by atoms with Gasteiger partial charge in [-0.25, -0.2) is 21.8 Å². The van der Waals surface area contributed by atoms with E-state index >= 15 is 0 Å². The fourth-order valence-electron chi connectivity index (χ4n) is 3.57. The van der Waals surface area contributed by atoms with Gasteiger partial charge in [0.2, 0.25) is 10.0 Å². The number of carbonyl (C=O) groups excluding carboxylic acids is 1. The van der Waals surface area contributed by atoms with Crippen LogP contribution in [0.15, 0.2) is 41.4 Å². The zero-order valence-electron chi connectivity index (χ0n) is 20.1. The fraction of sp³-hybridized carbons (Fsp3) is 0.286.